The second-order valence-electron chi connectivity index (χ2n) is 9.66. The van der Waals surface area contributed by atoms with E-state index in [1.807, 2.05) is 24.3 Å². The first-order valence-corrected chi connectivity index (χ1v) is 11.2. The predicted molar refractivity (Wildman–Crippen MR) is 114 cm³/mol. The Hall–Kier alpha value is -2.57. The Morgan fingerprint density at radius 2 is 1.68 bits per heavy atom. The van der Waals surface area contributed by atoms with Crippen molar-refractivity contribution in [2.24, 2.45) is 23.2 Å². The Kier molecular flexibility index (Phi) is 6.49. The molecule has 2 amide bonds. The number of amides is 2. The molecule has 1 aromatic rings. The van der Waals surface area contributed by atoms with Crippen LogP contribution in [0.25, 0.3) is 0 Å². The number of esters is 1. The Labute approximate surface area is 183 Å². The highest BCUT2D eigenvalue weighted by molar-refractivity contribution is 5.84. The molecule has 7 nitrogen and oxygen atoms in total. The molecule has 4 aliphatic rings. The summed E-state index contributed by atoms with van der Waals surface area (Å²) in [6.07, 6.45) is 8.00. The van der Waals surface area contributed by atoms with Gasteiger partial charge in [0.2, 0.25) is 5.91 Å². The second kappa shape index (κ2) is 9.28. The molecular weight excluding hydrogens is 396 g/mol. The van der Waals surface area contributed by atoms with Crippen molar-refractivity contribution in [1.29, 1.82) is 0 Å². The zero-order chi connectivity index (χ0) is 21.8. The summed E-state index contributed by atoms with van der Waals surface area (Å²) in [7, 11) is 1.58. The number of rotatable bonds is 9. The minimum Gasteiger partial charge on any atom is -0.497 e. The Bertz CT molecular complexity index is 802. The van der Waals surface area contributed by atoms with Crippen molar-refractivity contribution in [3.05, 3.63) is 29.8 Å². The third kappa shape index (κ3) is 5.57. The Balaban J connectivity index is 1.13. The number of methoxy groups -OCH3 is 1. The maximum atomic E-state index is 12.5. The molecule has 7 heteroatoms. The minimum absolute atomic E-state index is 0.0821. The first-order chi connectivity index (χ1) is 14.9. The Morgan fingerprint density at radius 1 is 1.00 bits per heavy atom. The van der Waals surface area contributed by atoms with Crippen LogP contribution < -0.4 is 15.4 Å². The van der Waals surface area contributed by atoms with Crippen LogP contribution in [-0.2, 0) is 25.7 Å². The van der Waals surface area contributed by atoms with E-state index >= 15 is 0 Å². The number of carbonyl (C=O) groups is 3. The first-order valence-electron chi connectivity index (χ1n) is 11.2. The molecule has 4 bridgehead atoms. The lowest BCUT2D eigenvalue weighted by atomic mass is 9.49. The lowest BCUT2D eigenvalue weighted by Crippen LogP contribution is -2.48. The topological polar surface area (TPSA) is 93.7 Å². The fourth-order valence-corrected chi connectivity index (χ4v) is 6.31. The highest BCUT2D eigenvalue weighted by Crippen LogP contribution is 2.61. The van der Waals surface area contributed by atoms with Crippen molar-refractivity contribution in [3.8, 4) is 5.75 Å². The van der Waals surface area contributed by atoms with E-state index in [1.165, 1.54) is 19.3 Å². The van der Waals surface area contributed by atoms with Gasteiger partial charge in [-0.05, 0) is 79.4 Å². The number of hydrogen-bond acceptors (Lipinski definition) is 5. The molecule has 0 aromatic heterocycles. The average molecular weight is 429 g/mol. The molecule has 31 heavy (non-hydrogen) atoms. The van der Waals surface area contributed by atoms with Crippen LogP contribution in [0.4, 0.5) is 0 Å². The summed E-state index contributed by atoms with van der Waals surface area (Å²) in [4.78, 5) is 36.3. The van der Waals surface area contributed by atoms with E-state index in [2.05, 4.69) is 10.6 Å². The van der Waals surface area contributed by atoms with Gasteiger partial charge < -0.3 is 20.1 Å². The number of ether oxygens (including phenoxy) is 2. The van der Waals surface area contributed by atoms with Crippen LogP contribution in [-0.4, -0.2) is 38.0 Å². The summed E-state index contributed by atoms with van der Waals surface area (Å²) in [6, 6.07) is 7.36. The lowest BCUT2D eigenvalue weighted by molar-refractivity contribution is -0.148. The molecule has 5 rings (SSSR count). The van der Waals surface area contributed by atoms with E-state index in [4.69, 9.17) is 9.47 Å². The van der Waals surface area contributed by atoms with E-state index in [1.54, 1.807) is 7.11 Å². The molecule has 4 aliphatic carbocycles. The van der Waals surface area contributed by atoms with E-state index in [9.17, 15) is 14.4 Å². The van der Waals surface area contributed by atoms with Gasteiger partial charge in [-0.15, -0.1) is 0 Å². The molecule has 0 radical (unpaired) electrons. The van der Waals surface area contributed by atoms with Crippen LogP contribution >= 0.6 is 0 Å². The van der Waals surface area contributed by atoms with E-state index in [0.717, 1.165) is 42.6 Å². The van der Waals surface area contributed by atoms with Crippen LogP contribution in [0.2, 0.25) is 0 Å². The van der Waals surface area contributed by atoms with Gasteiger partial charge in [0.1, 0.15) is 12.3 Å². The number of benzene rings is 1. The van der Waals surface area contributed by atoms with Crippen molar-refractivity contribution < 1.29 is 23.9 Å². The summed E-state index contributed by atoms with van der Waals surface area (Å²) in [5.41, 5.74) is 1.03. The van der Waals surface area contributed by atoms with Crippen molar-refractivity contribution in [2.75, 3.05) is 20.3 Å². The molecule has 0 spiro atoms. The third-order valence-corrected chi connectivity index (χ3v) is 7.12. The zero-order valence-electron chi connectivity index (χ0n) is 18.2. The largest absolute Gasteiger partial charge is 0.497 e. The van der Waals surface area contributed by atoms with Gasteiger partial charge in [0.15, 0.2) is 6.61 Å². The highest BCUT2D eigenvalue weighted by atomic mass is 16.5. The molecule has 0 saturated heterocycles. The van der Waals surface area contributed by atoms with E-state index < -0.39 is 11.9 Å². The molecule has 2 N–H and O–H groups in total. The fourth-order valence-electron chi connectivity index (χ4n) is 6.31. The van der Waals surface area contributed by atoms with Crippen LogP contribution in [0.15, 0.2) is 24.3 Å². The molecule has 0 atom stereocenters. The minimum atomic E-state index is -0.601. The molecular formula is C24H32N2O5. The molecule has 168 valence electrons. The number of carbonyl (C=O) groups excluding carboxylic acids is 3. The van der Waals surface area contributed by atoms with Crippen LogP contribution in [0.5, 0.6) is 5.75 Å². The first kappa shape index (κ1) is 21.7. The van der Waals surface area contributed by atoms with Gasteiger partial charge in [0.05, 0.1) is 7.11 Å². The molecule has 4 saturated carbocycles. The maximum absolute atomic E-state index is 12.5. The second-order valence-corrected chi connectivity index (χ2v) is 9.66. The van der Waals surface area contributed by atoms with Crippen molar-refractivity contribution >= 4 is 17.8 Å². The van der Waals surface area contributed by atoms with Crippen molar-refractivity contribution in [1.82, 2.24) is 10.6 Å². The normalized spacial score (nSPS) is 28.1. The van der Waals surface area contributed by atoms with Crippen LogP contribution in [0.1, 0.15) is 50.5 Å². The van der Waals surface area contributed by atoms with Crippen molar-refractivity contribution in [3.63, 3.8) is 0 Å². The number of nitrogens with one attached hydrogen (secondary N) is 2. The fraction of sp³-hybridized carbons (Fsp3) is 0.625. The van der Waals surface area contributed by atoms with Gasteiger partial charge in [-0.25, -0.2) is 0 Å². The summed E-state index contributed by atoms with van der Waals surface area (Å²) in [5.74, 6) is 2.01. The van der Waals surface area contributed by atoms with Gasteiger partial charge >= 0.3 is 5.97 Å². The van der Waals surface area contributed by atoms with Gasteiger partial charge in [0.25, 0.3) is 5.91 Å². The van der Waals surface area contributed by atoms with Crippen LogP contribution in [0.3, 0.4) is 0 Å². The lowest BCUT2D eigenvalue weighted by Gasteiger charge is -2.56. The summed E-state index contributed by atoms with van der Waals surface area (Å²) < 4.78 is 10.1. The third-order valence-electron chi connectivity index (χ3n) is 7.12. The zero-order valence-corrected chi connectivity index (χ0v) is 18.2. The summed E-state index contributed by atoms with van der Waals surface area (Å²) >= 11 is 0. The summed E-state index contributed by atoms with van der Waals surface area (Å²) in [5, 5.41) is 5.39. The highest BCUT2D eigenvalue weighted by Gasteiger charge is 2.51. The van der Waals surface area contributed by atoms with Crippen LogP contribution in [0, 0.1) is 23.2 Å². The smallest absolute Gasteiger partial charge is 0.325 e. The van der Waals surface area contributed by atoms with Crippen molar-refractivity contribution in [2.45, 2.75) is 51.5 Å². The molecule has 0 aliphatic heterocycles. The van der Waals surface area contributed by atoms with Gasteiger partial charge in [-0.3, -0.25) is 14.4 Å². The molecule has 1 aromatic carbocycles. The predicted octanol–water partition coefficient (Wildman–Crippen LogP) is 2.58. The number of hydrogen-bond donors (Lipinski definition) is 2. The standard InChI is InChI=1S/C24H32N2O5/c1-30-20-4-2-3-16(8-20)13-25-22(28)15-31-23(29)14-26-21(27)12-24-9-17-5-18(10-24)7-19(6-17)11-24/h2-4,8,17-19H,5-7,9-15H2,1H3,(H,25,28)(H,26,27). The molecule has 0 unspecified atom stereocenters. The SMILES string of the molecule is COc1cccc(CNC(=O)COC(=O)CNC(=O)CC23CC4CC(CC(C4)C2)C3)c1. The molecule has 4 fully saturated rings. The maximum Gasteiger partial charge on any atom is 0.325 e. The van der Waals surface area contributed by atoms with E-state index in [-0.39, 0.29) is 24.5 Å². The average Bonchev–Trinajstić information content (AvgIpc) is 2.73. The Morgan fingerprint density at radius 3 is 2.32 bits per heavy atom. The van der Waals surface area contributed by atoms with E-state index in [0.29, 0.717) is 18.7 Å². The van der Waals surface area contributed by atoms with Gasteiger partial charge in [-0.1, -0.05) is 12.1 Å². The quantitative estimate of drug-likeness (QED) is 0.590. The monoisotopic (exact) mass is 428 g/mol. The van der Waals surface area contributed by atoms with Gasteiger partial charge in [0, 0.05) is 13.0 Å². The summed E-state index contributed by atoms with van der Waals surface area (Å²) in [6.45, 7) is -0.253. The molecule has 0 heterocycles. The van der Waals surface area contributed by atoms with Gasteiger partial charge in [-0.2, -0.15) is 0 Å².